The number of hydrogen-bond acceptors (Lipinski definition) is 4. The molecule has 6 nitrogen and oxygen atoms in total. The first-order valence-corrected chi connectivity index (χ1v) is 8.70. The number of benzene rings is 2. The molecule has 3 rings (SSSR count). The van der Waals surface area contributed by atoms with E-state index in [0.717, 1.165) is 16.5 Å². The van der Waals surface area contributed by atoms with Gasteiger partial charge in [-0.2, -0.15) is 0 Å². The third-order valence-corrected chi connectivity index (χ3v) is 4.75. The van der Waals surface area contributed by atoms with Crippen molar-refractivity contribution in [1.82, 2.24) is 9.88 Å². The average molecular weight is 384 g/mol. The summed E-state index contributed by atoms with van der Waals surface area (Å²) >= 11 is 6.15. The fourth-order valence-electron chi connectivity index (χ4n) is 2.94. The van der Waals surface area contributed by atoms with E-state index in [1.165, 1.54) is 23.1 Å². The molecule has 3 aromatic rings. The molecule has 0 radical (unpaired) electrons. The SMILES string of the molecule is Cc1ccc2nc(C)c(C(=O)N(C)Cc3cc([N+](=O)[O-])ccc3Cl)cc2c1. The van der Waals surface area contributed by atoms with Gasteiger partial charge in [0.2, 0.25) is 0 Å². The van der Waals surface area contributed by atoms with E-state index in [4.69, 9.17) is 11.6 Å². The predicted molar refractivity (Wildman–Crippen MR) is 105 cm³/mol. The van der Waals surface area contributed by atoms with Crippen LogP contribution in [-0.4, -0.2) is 27.8 Å². The summed E-state index contributed by atoms with van der Waals surface area (Å²) in [5, 5.41) is 12.2. The van der Waals surface area contributed by atoms with Crippen LogP contribution >= 0.6 is 11.6 Å². The molecule has 1 aromatic heterocycles. The van der Waals surface area contributed by atoms with E-state index in [2.05, 4.69) is 4.98 Å². The lowest BCUT2D eigenvalue weighted by Crippen LogP contribution is -2.27. The molecule has 1 heterocycles. The van der Waals surface area contributed by atoms with Crippen molar-refractivity contribution in [3.05, 3.63) is 80.0 Å². The Morgan fingerprint density at radius 2 is 1.93 bits per heavy atom. The van der Waals surface area contributed by atoms with Gasteiger partial charge in [-0.3, -0.25) is 19.9 Å². The summed E-state index contributed by atoms with van der Waals surface area (Å²) in [5.74, 6) is -0.217. The highest BCUT2D eigenvalue weighted by Crippen LogP contribution is 2.24. The number of carbonyl (C=O) groups is 1. The Hall–Kier alpha value is -2.99. The predicted octanol–water partition coefficient (Wildman–Crippen LogP) is 4.69. The summed E-state index contributed by atoms with van der Waals surface area (Å²) in [6.07, 6.45) is 0. The minimum Gasteiger partial charge on any atom is -0.337 e. The second-order valence-electron chi connectivity index (χ2n) is 6.51. The minimum atomic E-state index is -0.485. The van der Waals surface area contributed by atoms with Gasteiger partial charge in [0.25, 0.3) is 11.6 Å². The number of nitro groups is 1. The molecular formula is C20H18ClN3O3. The Bertz CT molecular complexity index is 1070. The molecule has 0 bridgehead atoms. The van der Waals surface area contributed by atoms with Crippen LogP contribution in [0, 0.1) is 24.0 Å². The molecule has 0 aliphatic carbocycles. The Labute approximate surface area is 161 Å². The number of hydrogen-bond donors (Lipinski definition) is 0. The summed E-state index contributed by atoms with van der Waals surface area (Å²) in [7, 11) is 1.64. The van der Waals surface area contributed by atoms with E-state index in [1.807, 2.05) is 31.2 Å². The molecule has 0 N–H and O–H groups in total. The number of aromatic nitrogens is 1. The van der Waals surface area contributed by atoms with Crippen molar-refractivity contribution in [2.75, 3.05) is 7.05 Å². The molecule has 0 atom stereocenters. The topological polar surface area (TPSA) is 76.3 Å². The number of aryl methyl sites for hydroxylation is 2. The van der Waals surface area contributed by atoms with Crippen molar-refractivity contribution in [2.24, 2.45) is 0 Å². The summed E-state index contributed by atoms with van der Waals surface area (Å²) < 4.78 is 0. The molecule has 0 spiro atoms. The van der Waals surface area contributed by atoms with Gasteiger partial charge < -0.3 is 4.90 Å². The standard InChI is InChI=1S/C20H18ClN3O3/c1-12-4-7-19-14(8-12)10-17(13(2)22-19)20(25)23(3)11-15-9-16(24(26)27)5-6-18(15)21/h4-10H,11H2,1-3H3. The fourth-order valence-corrected chi connectivity index (χ4v) is 3.11. The molecule has 0 aliphatic rings. The highest BCUT2D eigenvalue weighted by molar-refractivity contribution is 6.31. The number of carbonyl (C=O) groups excluding carboxylic acids is 1. The number of nitro benzene ring substituents is 1. The zero-order valence-corrected chi connectivity index (χ0v) is 15.9. The van der Waals surface area contributed by atoms with Gasteiger partial charge in [0, 0.05) is 36.1 Å². The smallest absolute Gasteiger partial charge is 0.269 e. The lowest BCUT2D eigenvalue weighted by Gasteiger charge is -2.19. The second-order valence-corrected chi connectivity index (χ2v) is 6.92. The third kappa shape index (κ3) is 3.90. The van der Waals surface area contributed by atoms with Gasteiger partial charge in [-0.25, -0.2) is 0 Å². The summed E-state index contributed by atoms with van der Waals surface area (Å²) in [6, 6.07) is 11.9. The van der Waals surface area contributed by atoms with Crippen LogP contribution in [0.15, 0.2) is 42.5 Å². The van der Waals surface area contributed by atoms with Crippen LogP contribution in [0.2, 0.25) is 5.02 Å². The lowest BCUT2D eigenvalue weighted by molar-refractivity contribution is -0.384. The summed E-state index contributed by atoms with van der Waals surface area (Å²) in [5.41, 5.74) is 3.51. The molecule has 1 amide bonds. The lowest BCUT2D eigenvalue weighted by atomic mass is 10.1. The fraction of sp³-hybridized carbons (Fsp3) is 0.200. The third-order valence-electron chi connectivity index (χ3n) is 4.39. The maximum Gasteiger partial charge on any atom is 0.269 e. The number of amides is 1. The van der Waals surface area contributed by atoms with Gasteiger partial charge >= 0.3 is 0 Å². The molecule has 0 unspecified atom stereocenters. The molecule has 0 saturated carbocycles. The Balaban J connectivity index is 1.92. The maximum atomic E-state index is 12.9. The molecule has 0 saturated heterocycles. The minimum absolute atomic E-state index is 0.0609. The van der Waals surface area contributed by atoms with Crippen LogP contribution in [0.1, 0.15) is 27.2 Å². The molecular weight excluding hydrogens is 366 g/mol. The molecule has 138 valence electrons. The normalized spacial score (nSPS) is 10.8. The monoisotopic (exact) mass is 383 g/mol. The van der Waals surface area contributed by atoms with E-state index >= 15 is 0 Å². The van der Waals surface area contributed by atoms with Crippen molar-refractivity contribution in [1.29, 1.82) is 0 Å². The number of fused-ring (bicyclic) bond motifs is 1. The second kappa shape index (κ2) is 7.32. The quantitative estimate of drug-likeness (QED) is 0.484. The van der Waals surface area contributed by atoms with E-state index in [-0.39, 0.29) is 18.1 Å². The Morgan fingerprint density at radius 1 is 1.19 bits per heavy atom. The van der Waals surface area contributed by atoms with E-state index in [9.17, 15) is 14.9 Å². The molecule has 27 heavy (non-hydrogen) atoms. The first-order chi connectivity index (χ1) is 12.8. The van der Waals surface area contributed by atoms with Crippen molar-refractivity contribution in [3.63, 3.8) is 0 Å². The van der Waals surface area contributed by atoms with Crippen LogP contribution < -0.4 is 0 Å². The zero-order chi connectivity index (χ0) is 19.7. The highest BCUT2D eigenvalue weighted by Gasteiger charge is 2.18. The summed E-state index contributed by atoms with van der Waals surface area (Å²) in [4.78, 5) is 29.4. The van der Waals surface area contributed by atoms with E-state index in [1.54, 1.807) is 14.0 Å². The molecule has 2 aromatic carbocycles. The first kappa shape index (κ1) is 18.8. The maximum absolute atomic E-state index is 12.9. The van der Waals surface area contributed by atoms with Crippen LogP contribution in [-0.2, 0) is 6.54 Å². The number of halogens is 1. The highest BCUT2D eigenvalue weighted by atomic mass is 35.5. The van der Waals surface area contributed by atoms with Crippen LogP contribution in [0.4, 0.5) is 5.69 Å². The van der Waals surface area contributed by atoms with Gasteiger partial charge in [0.1, 0.15) is 0 Å². The van der Waals surface area contributed by atoms with Crippen molar-refractivity contribution < 1.29 is 9.72 Å². The Kier molecular flexibility index (Phi) is 5.10. The van der Waals surface area contributed by atoms with Crippen molar-refractivity contribution in [2.45, 2.75) is 20.4 Å². The molecule has 0 fully saturated rings. The van der Waals surface area contributed by atoms with Crippen LogP contribution in [0.25, 0.3) is 10.9 Å². The van der Waals surface area contributed by atoms with E-state index in [0.29, 0.717) is 21.8 Å². The Morgan fingerprint density at radius 3 is 2.63 bits per heavy atom. The summed E-state index contributed by atoms with van der Waals surface area (Å²) in [6.45, 7) is 3.93. The van der Waals surface area contributed by atoms with Gasteiger partial charge in [0.15, 0.2) is 0 Å². The average Bonchev–Trinajstić information content (AvgIpc) is 2.62. The molecule has 7 heteroatoms. The number of rotatable bonds is 4. The first-order valence-electron chi connectivity index (χ1n) is 8.32. The van der Waals surface area contributed by atoms with Crippen LogP contribution in [0.5, 0.6) is 0 Å². The van der Waals surface area contributed by atoms with Gasteiger partial charge in [-0.15, -0.1) is 0 Å². The van der Waals surface area contributed by atoms with Gasteiger partial charge in [-0.05, 0) is 43.7 Å². The number of nitrogens with zero attached hydrogens (tertiary/aromatic N) is 3. The van der Waals surface area contributed by atoms with Gasteiger partial charge in [0.05, 0.1) is 21.7 Å². The van der Waals surface area contributed by atoms with E-state index < -0.39 is 4.92 Å². The number of pyridine rings is 1. The zero-order valence-electron chi connectivity index (χ0n) is 15.2. The van der Waals surface area contributed by atoms with Gasteiger partial charge in [-0.1, -0.05) is 23.2 Å². The van der Waals surface area contributed by atoms with Crippen molar-refractivity contribution in [3.8, 4) is 0 Å². The molecule has 0 aliphatic heterocycles. The van der Waals surface area contributed by atoms with Crippen LogP contribution in [0.3, 0.4) is 0 Å². The van der Waals surface area contributed by atoms with Crippen molar-refractivity contribution >= 4 is 34.1 Å². The largest absolute Gasteiger partial charge is 0.337 e. The number of non-ortho nitro benzene ring substituents is 1.